The molecule has 2 heterocycles. The van der Waals surface area contributed by atoms with Crippen molar-refractivity contribution in [2.75, 3.05) is 12.4 Å². The number of methoxy groups -OCH3 is 1. The van der Waals surface area contributed by atoms with E-state index in [1.807, 2.05) is 36.4 Å². The molecule has 0 fully saturated rings. The number of carbonyl (C=O) groups excluding carboxylic acids is 1. The Morgan fingerprint density at radius 3 is 2.64 bits per heavy atom. The number of imidazole rings is 1. The maximum absolute atomic E-state index is 11.3. The van der Waals surface area contributed by atoms with Crippen molar-refractivity contribution in [3.8, 4) is 17.0 Å². The van der Waals surface area contributed by atoms with Crippen molar-refractivity contribution in [1.29, 1.82) is 0 Å². The summed E-state index contributed by atoms with van der Waals surface area (Å²) in [6, 6.07) is 21.8. The third-order valence-corrected chi connectivity index (χ3v) is 4.19. The molecule has 7 heteroatoms. The van der Waals surface area contributed by atoms with Crippen LogP contribution in [-0.2, 0) is 11.3 Å². The number of hydrogen-bond acceptors (Lipinski definition) is 5. The molecule has 4 rings (SSSR count). The molecule has 0 aliphatic heterocycles. The normalized spacial score (nSPS) is 10.6. The molecule has 28 heavy (non-hydrogen) atoms. The van der Waals surface area contributed by atoms with E-state index in [-0.39, 0.29) is 0 Å². The summed E-state index contributed by atoms with van der Waals surface area (Å²) >= 11 is 0. The topological polar surface area (TPSA) is 77.8 Å². The molecule has 0 unspecified atom stereocenters. The molecule has 1 amide bonds. The summed E-state index contributed by atoms with van der Waals surface area (Å²) in [4.78, 5) is 15.6. The van der Waals surface area contributed by atoms with Crippen molar-refractivity contribution in [2.24, 2.45) is 0 Å². The molecule has 140 valence electrons. The maximum Gasteiger partial charge on any atom is 0.412 e. The van der Waals surface area contributed by atoms with E-state index in [0.717, 1.165) is 16.7 Å². The predicted molar refractivity (Wildman–Crippen MR) is 105 cm³/mol. The Labute approximate surface area is 161 Å². The Balaban J connectivity index is 1.53. The van der Waals surface area contributed by atoms with Crippen LogP contribution in [0.5, 0.6) is 5.88 Å². The Morgan fingerprint density at radius 2 is 1.82 bits per heavy atom. The third-order valence-electron chi connectivity index (χ3n) is 4.19. The van der Waals surface area contributed by atoms with Gasteiger partial charge in [0.15, 0.2) is 11.5 Å². The first kappa shape index (κ1) is 17.5. The third kappa shape index (κ3) is 3.78. The Bertz CT molecular complexity index is 1110. The summed E-state index contributed by atoms with van der Waals surface area (Å²) in [5.41, 5.74) is 3.91. The fourth-order valence-electron chi connectivity index (χ4n) is 2.85. The summed E-state index contributed by atoms with van der Waals surface area (Å²) in [6.07, 6.45) is 1.01. The smallest absolute Gasteiger partial charge is 0.412 e. The number of anilines is 1. The van der Waals surface area contributed by atoms with Crippen LogP contribution in [-0.4, -0.2) is 27.8 Å². The zero-order valence-corrected chi connectivity index (χ0v) is 15.2. The van der Waals surface area contributed by atoms with E-state index in [1.54, 1.807) is 22.8 Å². The van der Waals surface area contributed by atoms with Gasteiger partial charge in [0.05, 0.1) is 13.3 Å². The van der Waals surface area contributed by atoms with E-state index in [1.165, 1.54) is 7.11 Å². The summed E-state index contributed by atoms with van der Waals surface area (Å²) in [7, 11) is 1.29. The van der Waals surface area contributed by atoms with Crippen molar-refractivity contribution < 1.29 is 14.3 Å². The minimum absolute atomic E-state index is 0.353. The lowest BCUT2D eigenvalue weighted by Crippen LogP contribution is -2.10. The zero-order valence-electron chi connectivity index (χ0n) is 15.2. The molecule has 0 atom stereocenters. The van der Waals surface area contributed by atoms with Crippen molar-refractivity contribution in [1.82, 2.24) is 14.6 Å². The summed E-state index contributed by atoms with van der Waals surface area (Å²) < 4.78 is 12.0. The van der Waals surface area contributed by atoms with Gasteiger partial charge >= 0.3 is 6.09 Å². The minimum atomic E-state index is -0.586. The highest BCUT2D eigenvalue weighted by Crippen LogP contribution is 2.24. The van der Waals surface area contributed by atoms with Crippen LogP contribution in [0.2, 0.25) is 0 Å². The van der Waals surface area contributed by atoms with E-state index in [0.29, 0.717) is 24.0 Å². The number of nitrogens with one attached hydrogen (secondary N) is 1. The fraction of sp³-hybridized carbons (Fsp3) is 0.0952. The van der Waals surface area contributed by atoms with Gasteiger partial charge in [0.25, 0.3) is 0 Å². The highest BCUT2D eigenvalue weighted by Gasteiger charge is 2.09. The standard InChI is InChI=1S/C21H18N4O3/c1-27-21(26)23-18-13-25-19(22-18)11-12-20(24-25)28-14-16-9-5-6-10-17(16)15-7-3-2-4-8-15/h2-13H,14H2,1H3,(H,23,26). The predicted octanol–water partition coefficient (Wildman–Crippen LogP) is 4.15. The minimum Gasteiger partial charge on any atom is -0.472 e. The number of aromatic nitrogens is 3. The van der Waals surface area contributed by atoms with Crippen LogP contribution in [0.3, 0.4) is 0 Å². The van der Waals surface area contributed by atoms with Crippen molar-refractivity contribution in [3.63, 3.8) is 0 Å². The molecule has 0 saturated carbocycles. The molecule has 0 aliphatic rings. The van der Waals surface area contributed by atoms with Gasteiger partial charge in [-0.3, -0.25) is 5.32 Å². The van der Waals surface area contributed by atoms with E-state index in [2.05, 4.69) is 38.3 Å². The number of hydrogen-bond donors (Lipinski definition) is 1. The van der Waals surface area contributed by atoms with Gasteiger partial charge in [-0.15, -0.1) is 5.10 Å². The highest BCUT2D eigenvalue weighted by molar-refractivity contribution is 5.83. The average Bonchev–Trinajstić information content (AvgIpc) is 3.14. The van der Waals surface area contributed by atoms with Crippen LogP contribution in [0.15, 0.2) is 72.9 Å². The van der Waals surface area contributed by atoms with Crippen molar-refractivity contribution in [2.45, 2.75) is 6.61 Å². The molecular weight excluding hydrogens is 356 g/mol. The summed E-state index contributed by atoms with van der Waals surface area (Å²) in [5, 5.41) is 6.90. The number of benzene rings is 2. The van der Waals surface area contributed by atoms with Crippen LogP contribution in [0.4, 0.5) is 10.6 Å². The number of amides is 1. The second-order valence-corrected chi connectivity index (χ2v) is 6.03. The van der Waals surface area contributed by atoms with Crippen LogP contribution in [0.1, 0.15) is 5.56 Å². The van der Waals surface area contributed by atoms with Gasteiger partial charge in [-0.1, -0.05) is 54.6 Å². The molecule has 4 aromatic rings. The van der Waals surface area contributed by atoms with Gasteiger partial charge < -0.3 is 9.47 Å². The van der Waals surface area contributed by atoms with Crippen LogP contribution in [0.25, 0.3) is 16.8 Å². The van der Waals surface area contributed by atoms with Gasteiger partial charge in [0.2, 0.25) is 5.88 Å². The first-order valence-electron chi connectivity index (χ1n) is 8.70. The molecule has 0 bridgehead atoms. The molecular formula is C21H18N4O3. The SMILES string of the molecule is COC(=O)Nc1cn2nc(OCc3ccccc3-c3ccccc3)ccc2n1. The first-order chi connectivity index (χ1) is 13.7. The lowest BCUT2D eigenvalue weighted by Gasteiger charge is -2.11. The number of rotatable bonds is 5. The van der Waals surface area contributed by atoms with E-state index < -0.39 is 6.09 Å². The summed E-state index contributed by atoms with van der Waals surface area (Å²) in [5.74, 6) is 0.809. The highest BCUT2D eigenvalue weighted by atomic mass is 16.5. The van der Waals surface area contributed by atoms with E-state index in [4.69, 9.17) is 4.74 Å². The molecule has 2 aromatic heterocycles. The lowest BCUT2D eigenvalue weighted by atomic mass is 10.0. The average molecular weight is 374 g/mol. The zero-order chi connectivity index (χ0) is 19.3. The molecule has 0 spiro atoms. The molecule has 7 nitrogen and oxygen atoms in total. The molecule has 0 aliphatic carbocycles. The van der Waals surface area contributed by atoms with Gasteiger partial charge in [-0.2, -0.15) is 0 Å². The van der Waals surface area contributed by atoms with Gasteiger partial charge in [0.1, 0.15) is 6.61 Å². The number of ether oxygens (including phenoxy) is 2. The Morgan fingerprint density at radius 1 is 1.04 bits per heavy atom. The summed E-state index contributed by atoms with van der Waals surface area (Å²) in [6.45, 7) is 0.380. The molecule has 0 saturated heterocycles. The molecule has 1 N–H and O–H groups in total. The quantitative estimate of drug-likeness (QED) is 0.568. The molecule has 2 aromatic carbocycles. The van der Waals surface area contributed by atoms with Gasteiger partial charge in [0, 0.05) is 6.07 Å². The first-order valence-corrected chi connectivity index (χ1v) is 8.70. The van der Waals surface area contributed by atoms with Crippen LogP contribution >= 0.6 is 0 Å². The van der Waals surface area contributed by atoms with E-state index in [9.17, 15) is 4.79 Å². The van der Waals surface area contributed by atoms with Gasteiger partial charge in [-0.05, 0) is 22.8 Å². The van der Waals surface area contributed by atoms with Crippen molar-refractivity contribution >= 4 is 17.6 Å². The fourth-order valence-corrected chi connectivity index (χ4v) is 2.85. The van der Waals surface area contributed by atoms with Gasteiger partial charge in [-0.25, -0.2) is 14.3 Å². The largest absolute Gasteiger partial charge is 0.472 e. The van der Waals surface area contributed by atoms with Crippen molar-refractivity contribution in [3.05, 3.63) is 78.5 Å². The monoisotopic (exact) mass is 374 g/mol. The number of nitrogens with zero attached hydrogens (tertiary/aromatic N) is 3. The number of carbonyl (C=O) groups is 1. The maximum atomic E-state index is 11.3. The van der Waals surface area contributed by atoms with Crippen LogP contribution < -0.4 is 10.1 Å². The Kier molecular flexibility index (Phi) is 4.88. The molecule has 0 radical (unpaired) electrons. The van der Waals surface area contributed by atoms with E-state index >= 15 is 0 Å². The lowest BCUT2D eigenvalue weighted by molar-refractivity contribution is 0.187. The second kappa shape index (κ2) is 7.79. The second-order valence-electron chi connectivity index (χ2n) is 6.03. The number of fused-ring (bicyclic) bond motifs is 1. The van der Waals surface area contributed by atoms with Crippen LogP contribution in [0, 0.1) is 0 Å². The Hall–Kier alpha value is -3.87.